The molecule has 0 aliphatic rings. The van der Waals surface area contributed by atoms with Gasteiger partial charge in [0.2, 0.25) is 5.91 Å². The molecule has 19 heavy (non-hydrogen) atoms. The Labute approximate surface area is 112 Å². The van der Waals surface area contributed by atoms with E-state index in [0.29, 0.717) is 5.56 Å². The lowest BCUT2D eigenvalue weighted by molar-refractivity contribution is 0.1000. The van der Waals surface area contributed by atoms with Crippen molar-refractivity contribution in [1.29, 1.82) is 0 Å². The molecule has 1 atom stereocenters. The number of hydrogen-bond donors (Lipinski definition) is 2. The van der Waals surface area contributed by atoms with Gasteiger partial charge in [0.05, 0.1) is 0 Å². The number of aromatic nitrogens is 1. The Kier molecular flexibility index (Phi) is 3.80. The Balaban J connectivity index is 2.18. The number of benzene rings is 1. The van der Waals surface area contributed by atoms with E-state index >= 15 is 0 Å². The van der Waals surface area contributed by atoms with Crippen molar-refractivity contribution in [3.63, 3.8) is 0 Å². The largest absolute Gasteiger partial charge is 0.378 e. The van der Waals surface area contributed by atoms with Crippen LogP contribution in [0.5, 0.6) is 0 Å². The Bertz CT molecular complexity index is 581. The minimum Gasteiger partial charge on any atom is -0.378 e. The molecule has 4 heteroatoms. The van der Waals surface area contributed by atoms with Gasteiger partial charge >= 0.3 is 0 Å². The summed E-state index contributed by atoms with van der Waals surface area (Å²) in [6.45, 7) is 4.03. The molecule has 1 aromatic heterocycles. The highest BCUT2D eigenvalue weighted by molar-refractivity contribution is 5.93. The van der Waals surface area contributed by atoms with Gasteiger partial charge in [0, 0.05) is 29.7 Å². The van der Waals surface area contributed by atoms with E-state index in [1.807, 2.05) is 25.1 Å². The fraction of sp³-hybridized carbons (Fsp3) is 0.200. The van der Waals surface area contributed by atoms with E-state index in [9.17, 15) is 4.79 Å². The number of anilines is 1. The molecule has 2 aromatic rings. The lowest BCUT2D eigenvalue weighted by Crippen LogP contribution is -2.12. The van der Waals surface area contributed by atoms with Gasteiger partial charge in [0.25, 0.3) is 0 Å². The van der Waals surface area contributed by atoms with Crippen LogP contribution in [0.15, 0.2) is 42.7 Å². The van der Waals surface area contributed by atoms with Crippen LogP contribution < -0.4 is 11.1 Å². The number of rotatable bonds is 4. The second-order valence-corrected chi connectivity index (χ2v) is 4.54. The molecule has 0 saturated carbocycles. The fourth-order valence-electron chi connectivity index (χ4n) is 1.95. The highest BCUT2D eigenvalue weighted by atomic mass is 16.1. The quantitative estimate of drug-likeness (QED) is 0.882. The topological polar surface area (TPSA) is 68.0 Å². The van der Waals surface area contributed by atoms with Crippen LogP contribution in [0.2, 0.25) is 0 Å². The molecule has 0 spiro atoms. The number of pyridine rings is 1. The summed E-state index contributed by atoms with van der Waals surface area (Å²) in [5, 5.41) is 3.41. The van der Waals surface area contributed by atoms with Gasteiger partial charge in [-0.15, -0.1) is 0 Å². The van der Waals surface area contributed by atoms with Crippen molar-refractivity contribution in [2.45, 2.75) is 19.9 Å². The lowest BCUT2D eigenvalue weighted by atomic mass is 10.1. The predicted molar refractivity (Wildman–Crippen MR) is 76.0 cm³/mol. The van der Waals surface area contributed by atoms with Crippen LogP contribution >= 0.6 is 0 Å². The number of hydrogen-bond acceptors (Lipinski definition) is 3. The van der Waals surface area contributed by atoms with Crippen LogP contribution in [-0.4, -0.2) is 10.9 Å². The van der Waals surface area contributed by atoms with Crippen molar-refractivity contribution < 1.29 is 4.79 Å². The summed E-state index contributed by atoms with van der Waals surface area (Å²) in [6.07, 6.45) is 3.55. The standard InChI is InChI=1S/C15H17N3O/c1-10-9-13(15(16)19)3-4-14(10)18-11(2)12-5-7-17-8-6-12/h3-9,11,18H,1-2H3,(H2,16,19). The molecular formula is C15H17N3O. The summed E-state index contributed by atoms with van der Waals surface area (Å²) >= 11 is 0. The highest BCUT2D eigenvalue weighted by Crippen LogP contribution is 2.22. The first-order chi connectivity index (χ1) is 9.08. The average molecular weight is 255 g/mol. The first-order valence-corrected chi connectivity index (χ1v) is 6.15. The number of carbonyl (C=O) groups excluding carboxylic acids is 1. The van der Waals surface area contributed by atoms with E-state index in [4.69, 9.17) is 5.73 Å². The maximum absolute atomic E-state index is 11.1. The van der Waals surface area contributed by atoms with Crippen LogP contribution in [0.1, 0.15) is 34.5 Å². The van der Waals surface area contributed by atoms with E-state index in [0.717, 1.165) is 16.8 Å². The van der Waals surface area contributed by atoms with Crippen LogP contribution in [-0.2, 0) is 0 Å². The van der Waals surface area contributed by atoms with E-state index < -0.39 is 5.91 Å². The van der Waals surface area contributed by atoms with Gasteiger partial charge in [0.1, 0.15) is 0 Å². The van der Waals surface area contributed by atoms with E-state index in [2.05, 4.69) is 17.2 Å². The number of amides is 1. The Hall–Kier alpha value is -2.36. The number of nitrogens with zero attached hydrogens (tertiary/aromatic N) is 1. The fourth-order valence-corrected chi connectivity index (χ4v) is 1.95. The van der Waals surface area contributed by atoms with Crippen LogP contribution in [0.4, 0.5) is 5.69 Å². The van der Waals surface area contributed by atoms with Crippen molar-refractivity contribution in [3.8, 4) is 0 Å². The van der Waals surface area contributed by atoms with Crippen molar-refractivity contribution >= 4 is 11.6 Å². The Morgan fingerprint density at radius 3 is 2.53 bits per heavy atom. The Morgan fingerprint density at radius 2 is 1.95 bits per heavy atom. The van der Waals surface area contributed by atoms with Crippen LogP contribution in [0, 0.1) is 6.92 Å². The molecule has 3 N–H and O–H groups in total. The normalized spacial score (nSPS) is 11.9. The van der Waals surface area contributed by atoms with Crippen LogP contribution in [0.3, 0.4) is 0 Å². The maximum Gasteiger partial charge on any atom is 0.248 e. The van der Waals surface area contributed by atoms with Gasteiger partial charge in [0.15, 0.2) is 0 Å². The monoisotopic (exact) mass is 255 g/mol. The first kappa shape index (κ1) is 13.1. The smallest absolute Gasteiger partial charge is 0.248 e. The molecule has 1 unspecified atom stereocenters. The molecule has 0 aliphatic heterocycles. The lowest BCUT2D eigenvalue weighted by Gasteiger charge is -2.17. The molecule has 0 radical (unpaired) electrons. The number of primary amides is 1. The molecule has 1 heterocycles. The summed E-state index contributed by atoms with van der Waals surface area (Å²) in [6, 6.07) is 9.53. The molecule has 4 nitrogen and oxygen atoms in total. The molecule has 2 rings (SSSR count). The summed E-state index contributed by atoms with van der Waals surface area (Å²) in [5.74, 6) is -0.406. The summed E-state index contributed by atoms with van der Waals surface area (Å²) < 4.78 is 0. The zero-order chi connectivity index (χ0) is 13.8. The molecule has 0 saturated heterocycles. The van der Waals surface area contributed by atoms with Gasteiger partial charge in [-0.25, -0.2) is 0 Å². The van der Waals surface area contributed by atoms with Crippen molar-refractivity contribution in [2.75, 3.05) is 5.32 Å². The first-order valence-electron chi connectivity index (χ1n) is 6.15. The number of carbonyl (C=O) groups is 1. The molecule has 1 amide bonds. The minimum atomic E-state index is -0.406. The molecule has 98 valence electrons. The maximum atomic E-state index is 11.1. The van der Waals surface area contributed by atoms with Crippen molar-refractivity contribution in [2.24, 2.45) is 5.73 Å². The Morgan fingerprint density at radius 1 is 1.26 bits per heavy atom. The third kappa shape index (κ3) is 3.10. The van der Waals surface area contributed by atoms with E-state index in [-0.39, 0.29) is 6.04 Å². The zero-order valence-corrected chi connectivity index (χ0v) is 11.1. The van der Waals surface area contributed by atoms with E-state index in [1.54, 1.807) is 24.5 Å². The highest BCUT2D eigenvalue weighted by Gasteiger charge is 2.08. The summed E-state index contributed by atoms with van der Waals surface area (Å²) in [5.41, 5.74) is 8.94. The van der Waals surface area contributed by atoms with Gasteiger partial charge in [-0.05, 0) is 55.3 Å². The molecular weight excluding hydrogens is 238 g/mol. The zero-order valence-electron chi connectivity index (χ0n) is 11.1. The average Bonchev–Trinajstić information content (AvgIpc) is 2.41. The second-order valence-electron chi connectivity index (χ2n) is 4.54. The van der Waals surface area contributed by atoms with Crippen LogP contribution in [0.25, 0.3) is 0 Å². The third-order valence-corrected chi connectivity index (χ3v) is 3.09. The molecule has 0 bridgehead atoms. The summed E-state index contributed by atoms with van der Waals surface area (Å²) in [4.78, 5) is 15.1. The predicted octanol–water partition coefficient (Wildman–Crippen LogP) is 2.66. The molecule has 0 aliphatic carbocycles. The van der Waals surface area contributed by atoms with Gasteiger partial charge in [-0.3, -0.25) is 9.78 Å². The third-order valence-electron chi connectivity index (χ3n) is 3.09. The van der Waals surface area contributed by atoms with Crippen molar-refractivity contribution in [1.82, 2.24) is 4.98 Å². The number of nitrogens with two attached hydrogens (primary N) is 1. The SMILES string of the molecule is Cc1cc(C(N)=O)ccc1NC(C)c1ccncc1. The molecule has 0 fully saturated rings. The summed E-state index contributed by atoms with van der Waals surface area (Å²) in [7, 11) is 0. The number of aryl methyl sites for hydroxylation is 1. The number of nitrogens with one attached hydrogen (secondary N) is 1. The van der Waals surface area contributed by atoms with Crippen molar-refractivity contribution in [3.05, 3.63) is 59.4 Å². The van der Waals surface area contributed by atoms with Gasteiger partial charge in [-0.1, -0.05) is 0 Å². The van der Waals surface area contributed by atoms with Gasteiger partial charge in [-0.2, -0.15) is 0 Å². The van der Waals surface area contributed by atoms with Gasteiger partial charge < -0.3 is 11.1 Å². The minimum absolute atomic E-state index is 0.168. The molecule has 1 aromatic carbocycles. The second kappa shape index (κ2) is 5.52. The van der Waals surface area contributed by atoms with E-state index in [1.165, 1.54) is 0 Å².